The second kappa shape index (κ2) is 22.4. The van der Waals surface area contributed by atoms with E-state index in [1.807, 2.05) is 194 Å². The monoisotopic (exact) mass is 1100 g/mol. The molecule has 0 radical (unpaired) electrons. The Morgan fingerprint density at radius 1 is 0.174 bits per heavy atom. The van der Waals surface area contributed by atoms with E-state index in [1.54, 1.807) is 0 Å². The molecule has 1 aliphatic rings. The van der Waals surface area contributed by atoms with Crippen LogP contribution in [0.25, 0.3) is 113 Å². The fourth-order valence-electron chi connectivity index (χ4n) is 11.2. The summed E-state index contributed by atoms with van der Waals surface area (Å²) in [5, 5.41) is 0. The number of hydrogen-bond acceptors (Lipinski definition) is 11. The normalized spacial score (nSPS) is 11.7. The summed E-state index contributed by atoms with van der Waals surface area (Å²) in [6.45, 7) is 0. The lowest BCUT2D eigenvalue weighted by atomic mass is 9.85. The Morgan fingerprint density at radius 3 is 0.744 bits per heavy atom. The van der Waals surface area contributed by atoms with E-state index >= 15 is 0 Å². The van der Waals surface area contributed by atoms with E-state index in [0.29, 0.717) is 58.1 Å². The van der Waals surface area contributed by atoms with Crippen molar-refractivity contribution in [3.63, 3.8) is 0 Å². The molecule has 1 aliphatic heterocycles. The van der Waals surface area contributed by atoms with Gasteiger partial charge in [0.1, 0.15) is 0 Å². The molecule has 86 heavy (non-hydrogen) atoms. The standard InChI is InChI=1S/C75H49N11/c1-9-29-50(30-10-1)58-49-63(85-59-45-25-27-47-61(59)86(62-48-28-26-46-60(62)85)75-83-71(56-41-21-7-22-42-56)78-72(84-75)57-43-23-8-24-44-57)66(74-81-69(54-37-17-5-18-38-54)77-70(82-74)55-39-19-6-20-40-55)64(51-31-11-2-12-32-51)65(58)73-79-67(52-33-13-3-14-34-52)76-68(80-73)53-35-15-4-16-36-53/h1-49H. The van der Waals surface area contributed by atoms with E-state index in [-0.39, 0.29) is 0 Å². The number of para-hydroxylation sites is 4. The highest BCUT2D eigenvalue weighted by Crippen LogP contribution is 2.58. The minimum atomic E-state index is 0.433. The van der Waals surface area contributed by atoms with Crippen LogP contribution in [0.2, 0.25) is 0 Å². The van der Waals surface area contributed by atoms with Crippen LogP contribution in [0.1, 0.15) is 0 Å². The summed E-state index contributed by atoms with van der Waals surface area (Å²) in [6.07, 6.45) is 0. The first-order chi connectivity index (χ1) is 42.7. The molecule has 11 nitrogen and oxygen atoms in total. The Morgan fingerprint density at radius 2 is 0.419 bits per heavy atom. The van der Waals surface area contributed by atoms with Crippen molar-refractivity contribution < 1.29 is 0 Å². The van der Waals surface area contributed by atoms with Gasteiger partial charge in [0, 0.05) is 44.5 Å². The highest BCUT2D eigenvalue weighted by atomic mass is 15.3. The number of nitrogens with zero attached hydrogens (tertiary/aromatic N) is 11. The van der Waals surface area contributed by atoms with Gasteiger partial charge in [-0.15, -0.1) is 0 Å². The average Bonchev–Trinajstić information content (AvgIpc) is 0.902. The van der Waals surface area contributed by atoms with Crippen LogP contribution in [-0.4, -0.2) is 44.9 Å². The number of anilines is 6. The van der Waals surface area contributed by atoms with Crippen LogP contribution in [0.4, 0.5) is 34.4 Å². The van der Waals surface area contributed by atoms with E-state index in [9.17, 15) is 0 Å². The molecule has 0 aliphatic carbocycles. The van der Waals surface area contributed by atoms with Crippen molar-refractivity contribution in [1.82, 2.24) is 44.9 Å². The fraction of sp³-hybridized carbons (Fsp3) is 0. The molecule has 0 saturated carbocycles. The molecule has 3 aromatic heterocycles. The van der Waals surface area contributed by atoms with Gasteiger partial charge < -0.3 is 4.90 Å². The van der Waals surface area contributed by atoms with Gasteiger partial charge in [-0.2, -0.15) is 9.97 Å². The Hall–Kier alpha value is -12.0. The number of rotatable bonds is 12. The molecule has 15 rings (SSSR count). The Bertz CT molecular complexity index is 4510. The summed E-state index contributed by atoms with van der Waals surface area (Å²) < 4.78 is 0. The summed E-state index contributed by atoms with van der Waals surface area (Å²) >= 11 is 0. The third-order valence-corrected chi connectivity index (χ3v) is 15.2. The van der Waals surface area contributed by atoms with E-state index < -0.39 is 0 Å². The molecule has 0 unspecified atom stereocenters. The highest BCUT2D eigenvalue weighted by Gasteiger charge is 2.37. The van der Waals surface area contributed by atoms with Gasteiger partial charge in [-0.3, -0.25) is 4.90 Å². The molecule has 14 aromatic rings. The zero-order valence-electron chi connectivity index (χ0n) is 46.2. The first kappa shape index (κ1) is 51.0. The minimum Gasteiger partial charge on any atom is -0.305 e. The summed E-state index contributed by atoms with van der Waals surface area (Å²) in [7, 11) is 0. The molecule has 0 saturated heterocycles. The highest BCUT2D eigenvalue weighted by molar-refractivity contribution is 6.10. The Labute approximate surface area is 497 Å². The quantitative estimate of drug-likeness (QED) is 0.116. The molecule has 0 spiro atoms. The van der Waals surface area contributed by atoms with Crippen molar-refractivity contribution in [2.75, 3.05) is 9.80 Å². The second-order valence-electron chi connectivity index (χ2n) is 20.5. The topological polar surface area (TPSA) is 122 Å². The molecule has 0 bridgehead atoms. The van der Waals surface area contributed by atoms with E-state index in [1.165, 1.54) is 0 Å². The van der Waals surface area contributed by atoms with Crippen LogP contribution < -0.4 is 9.80 Å². The van der Waals surface area contributed by atoms with Crippen molar-refractivity contribution >= 4 is 34.4 Å². The van der Waals surface area contributed by atoms with Crippen molar-refractivity contribution in [3.05, 3.63) is 297 Å². The molecule has 11 heteroatoms. The molecule has 11 aromatic carbocycles. The molecule has 0 amide bonds. The van der Waals surface area contributed by atoms with E-state index in [4.69, 9.17) is 44.9 Å². The lowest BCUT2D eigenvalue weighted by molar-refractivity contribution is 1.01. The molecular weight excluding hydrogens is 1050 g/mol. The number of benzene rings is 11. The molecule has 0 fully saturated rings. The maximum absolute atomic E-state index is 5.62. The van der Waals surface area contributed by atoms with Crippen molar-refractivity contribution in [1.29, 1.82) is 0 Å². The third-order valence-electron chi connectivity index (χ3n) is 15.2. The third kappa shape index (κ3) is 9.66. The molecule has 0 N–H and O–H groups in total. The summed E-state index contributed by atoms with van der Waals surface area (Å²) in [5.74, 6) is 4.52. The summed E-state index contributed by atoms with van der Waals surface area (Å²) in [5.41, 5.74) is 14.2. The van der Waals surface area contributed by atoms with Gasteiger partial charge in [0.25, 0.3) is 0 Å². The zero-order chi connectivity index (χ0) is 57.2. The van der Waals surface area contributed by atoms with E-state index in [0.717, 1.165) is 89.6 Å². The maximum Gasteiger partial charge on any atom is 0.238 e. The van der Waals surface area contributed by atoms with Gasteiger partial charge in [-0.1, -0.05) is 267 Å². The first-order valence-corrected chi connectivity index (χ1v) is 28.4. The lowest BCUT2D eigenvalue weighted by Gasteiger charge is -2.40. The van der Waals surface area contributed by atoms with Gasteiger partial charge in [-0.05, 0) is 47.0 Å². The Kier molecular flexibility index (Phi) is 13.3. The van der Waals surface area contributed by atoms with Gasteiger partial charge in [-0.25, -0.2) is 34.9 Å². The fourth-order valence-corrected chi connectivity index (χ4v) is 11.2. The van der Waals surface area contributed by atoms with E-state index in [2.05, 4.69) is 113 Å². The van der Waals surface area contributed by atoms with Crippen molar-refractivity contribution in [2.24, 2.45) is 0 Å². The predicted octanol–water partition coefficient (Wildman–Crippen LogP) is 18.2. The predicted molar refractivity (Wildman–Crippen MR) is 344 cm³/mol. The van der Waals surface area contributed by atoms with Gasteiger partial charge in [0.2, 0.25) is 5.95 Å². The van der Waals surface area contributed by atoms with Crippen LogP contribution in [0.3, 0.4) is 0 Å². The number of aromatic nitrogens is 9. The molecule has 4 heterocycles. The van der Waals surface area contributed by atoms with Crippen LogP contribution in [0.15, 0.2) is 297 Å². The smallest absolute Gasteiger partial charge is 0.238 e. The largest absolute Gasteiger partial charge is 0.305 e. The second-order valence-corrected chi connectivity index (χ2v) is 20.5. The molecule has 404 valence electrons. The lowest BCUT2D eigenvalue weighted by Crippen LogP contribution is -2.26. The van der Waals surface area contributed by atoms with Crippen LogP contribution in [0, 0.1) is 0 Å². The summed E-state index contributed by atoms with van der Waals surface area (Å²) in [4.78, 5) is 53.1. The SMILES string of the molecule is c1ccc(-c2nc(-c3ccccc3)nc(-c3c(-c4ccccc4)cc(N4c5ccccc5N(c5nc(-c6ccccc6)nc(-c6ccccc6)n5)c5ccccc54)c(-c4nc(-c5ccccc5)nc(-c5ccccc5)n4)c3-c3ccccc3)n2)cc1. The molecular formula is C75H49N11. The van der Waals surface area contributed by atoms with Crippen LogP contribution >= 0.6 is 0 Å². The van der Waals surface area contributed by atoms with Gasteiger partial charge >= 0.3 is 0 Å². The first-order valence-electron chi connectivity index (χ1n) is 28.4. The van der Waals surface area contributed by atoms with Crippen LogP contribution in [-0.2, 0) is 0 Å². The maximum atomic E-state index is 5.62. The summed E-state index contributed by atoms with van der Waals surface area (Å²) in [6, 6.07) is 101. The van der Waals surface area contributed by atoms with Crippen molar-refractivity contribution in [2.45, 2.75) is 0 Å². The Balaban J connectivity index is 1.09. The average molecular weight is 1100 g/mol. The van der Waals surface area contributed by atoms with Gasteiger partial charge in [0.15, 0.2) is 46.6 Å². The number of hydrogen-bond donors (Lipinski definition) is 0. The zero-order valence-corrected chi connectivity index (χ0v) is 46.2. The van der Waals surface area contributed by atoms with Crippen LogP contribution in [0.5, 0.6) is 0 Å². The van der Waals surface area contributed by atoms with Gasteiger partial charge in [0.05, 0.1) is 34.0 Å². The van der Waals surface area contributed by atoms with Crippen molar-refractivity contribution in [3.8, 4) is 113 Å². The minimum absolute atomic E-state index is 0.433. The number of fused-ring (bicyclic) bond motifs is 2. The molecule has 0 atom stereocenters.